The van der Waals surface area contributed by atoms with Crippen LogP contribution in [-0.2, 0) is 22.6 Å². The quantitative estimate of drug-likeness (QED) is 0.251. The van der Waals surface area contributed by atoms with Gasteiger partial charge in [0.15, 0.2) is 0 Å². The summed E-state index contributed by atoms with van der Waals surface area (Å²) in [6.45, 7) is 0.0124. The van der Waals surface area contributed by atoms with Crippen LogP contribution in [0.15, 0.2) is 54.6 Å². The molecule has 1 amide bonds. The Bertz CT molecular complexity index is 878. The van der Waals surface area contributed by atoms with Gasteiger partial charge in [-0.25, -0.2) is 4.79 Å². The Hall–Kier alpha value is -3.84. The van der Waals surface area contributed by atoms with Gasteiger partial charge in [-0.2, -0.15) is 4.79 Å². The number of ketones is 1. The number of ether oxygens (including phenoxy) is 1. The number of carbonyl (C=O) groups is 2. The van der Waals surface area contributed by atoms with Crippen LogP contribution in [-0.4, -0.2) is 33.8 Å². The topological polar surface area (TPSA) is 135 Å². The Morgan fingerprint density at radius 2 is 1.89 bits per heavy atom. The van der Waals surface area contributed by atoms with Crippen LogP contribution < -0.4 is 5.32 Å². The number of amides is 1. The van der Waals surface area contributed by atoms with Crippen LogP contribution in [0.2, 0.25) is 0 Å². The Morgan fingerprint density at radius 3 is 2.56 bits per heavy atom. The highest BCUT2D eigenvalue weighted by atomic mass is 16.6. The number of benzene rings is 2. The van der Waals surface area contributed by atoms with Gasteiger partial charge in [-0.3, -0.25) is 14.9 Å². The van der Waals surface area contributed by atoms with Crippen molar-refractivity contribution in [2.24, 2.45) is 0 Å². The van der Waals surface area contributed by atoms with E-state index in [0.29, 0.717) is 11.8 Å². The molecule has 9 nitrogen and oxygen atoms in total. The first-order chi connectivity index (χ1) is 13.0. The first-order valence-corrected chi connectivity index (χ1v) is 7.91. The third kappa shape index (κ3) is 6.18. The summed E-state index contributed by atoms with van der Waals surface area (Å²) in [6, 6.07) is 13.5. The smallest absolute Gasteiger partial charge is 0.408 e. The number of nitro groups is 1. The Balaban J connectivity index is 2.06. The molecule has 0 heterocycles. The fourth-order valence-corrected chi connectivity index (χ4v) is 2.31. The summed E-state index contributed by atoms with van der Waals surface area (Å²) in [5.74, 6) is -0.680. The number of non-ortho nitro benzene ring substituents is 1. The second-order valence-corrected chi connectivity index (χ2v) is 5.54. The second-order valence-electron chi connectivity index (χ2n) is 5.54. The van der Waals surface area contributed by atoms with Gasteiger partial charge < -0.3 is 15.6 Å². The number of carbonyl (C=O) groups excluding carboxylic acids is 2. The standard InChI is InChI=1S/C18H16N4O5/c19-20-11-17(23)16(10-14-7-4-8-15(9-14)22(25)26)21-18(24)27-12-13-5-2-1-3-6-13/h1-9,11,16H,10,12H2,(H,21,24)/t16-/m0/s1. The molecule has 0 unspecified atom stereocenters. The fourth-order valence-electron chi connectivity index (χ4n) is 2.31. The highest BCUT2D eigenvalue weighted by Gasteiger charge is 2.24. The third-order valence-electron chi connectivity index (χ3n) is 3.59. The van der Waals surface area contributed by atoms with E-state index in [2.05, 4.69) is 10.1 Å². The molecule has 0 fully saturated rings. The molecule has 0 bridgehead atoms. The second kappa shape index (κ2) is 9.59. The number of nitrogens with zero attached hydrogens (tertiary/aromatic N) is 3. The fraction of sp³-hybridized carbons (Fsp3) is 0.167. The number of hydrogen-bond donors (Lipinski definition) is 1. The lowest BCUT2D eigenvalue weighted by Crippen LogP contribution is -2.43. The molecule has 0 saturated heterocycles. The van der Waals surface area contributed by atoms with Crippen molar-refractivity contribution in [2.75, 3.05) is 0 Å². The molecule has 9 heteroatoms. The number of nitrogens with one attached hydrogen (secondary N) is 1. The largest absolute Gasteiger partial charge is 0.445 e. The molecule has 1 N–H and O–H groups in total. The van der Waals surface area contributed by atoms with Crippen molar-refractivity contribution in [3.05, 3.63) is 81.4 Å². The lowest BCUT2D eigenvalue weighted by molar-refractivity contribution is -0.384. The number of alkyl carbamates (subject to hydrolysis) is 1. The highest BCUT2D eigenvalue weighted by molar-refractivity contribution is 6.28. The monoisotopic (exact) mass is 368 g/mol. The maximum absolute atomic E-state index is 12.1. The molecular formula is C18H16N4O5. The molecule has 2 aromatic rings. The Labute approximate surface area is 154 Å². The van der Waals surface area contributed by atoms with E-state index >= 15 is 0 Å². The molecular weight excluding hydrogens is 352 g/mol. The van der Waals surface area contributed by atoms with Crippen LogP contribution in [0.3, 0.4) is 0 Å². The Morgan fingerprint density at radius 1 is 1.19 bits per heavy atom. The van der Waals surface area contributed by atoms with Crippen molar-refractivity contribution in [1.82, 2.24) is 5.32 Å². The van der Waals surface area contributed by atoms with Crippen molar-refractivity contribution >= 4 is 23.8 Å². The lowest BCUT2D eigenvalue weighted by atomic mass is 10.0. The van der Waals surface area contributed by atoms with Gasteiger partial charge in [0, 0.05) is 18.6 Å². The molecule has 27 heavy (non-hydrogen) atoms. The molecule has 1 atom stereocenters. The van der Waals surface area contributed by atoms with Gasteiger partial charge in [0.2, 0.25) is 0 Å². The average molecular weight is 368 g/mol. The van der Waals surface area contributed by atoms with Gasteiger partial charge >= 0.3 is 12.3 Å². The molecule has 0 aliphatic heterocycles. The van der Waals surface area contributed by atoms with Gasteiger partial charge in [0.25, 0.3) is 11.5 Å². The van der Waals surface area contributed by atoms with Crippen molar-refractivity contribution < 1.29 is 24.0 Å². The summed E-state index contributed by atoms with van der Waals surface area (Å²) in [5, 5.41) is 13.3. The van der Waals surface area contributed by atoms with E-state index in [0.717, 1.165) is 5.56 Å². The van der Waals surface area contributed by atoms with E-state index in [1.165, 1.54) is 18.2 Å². The number of hydrogen-bond acceptors (Lipinski definition) is 5. The zero-order valence-electron chi connectivity index (χ0n) is 14.1. The molecule has 0 saturated carbocycles. The zero-order chi connectivity index (χ0) is 19.6. The van der Waals surface area contributed by atoms with Gasteiger partial charge in [-0.1, -0.05) is 42.5 Å². The van der Waals surface area contributed by atoms with Crippen LogP contribution in [0, 0.1) is 10.1 Å². The van der Waals surface area contributed by atoms with E-state index in [4.69, 9.17) is 10.3 Å². The minimum atomic E-state index is -1.11. The van der Waals surface area contributed by atoms with Gasteiger partial charge in [-0.15, -0.1) is 0 Å². The Kier molecular flexibility index (Phi) is 6.92. The molecule has 0 spiro atoms. The molecule has 0 radical (unpaired) electrons. The summed E-state index contributed by atoms with van der Waals surface area (Å²) in [5.41, 5.74) is 9.66. The molecule has 0 aromatic heterocycles. The molecule has 2 rings (SSSR count). The van der Waals surface area contributed by atoms with Crippen LogP contribution in [0.5, 0.6) is 0 Å². The van der Waals surface area contributed by atoms with Crippen LogP contribution in [0.4, 0.5) is 10.5 Å². The summed E-state index contributed by atoms with van der Waals surface area (Å²) in [7, 11) is 0. The first-order valence-electron chi connectivity index (χ1n) is 7.91. The highest BCUT2D eigenvalue weighted by Crippen LogP contribution is 2.15. The van der Waals surface area contributed by atoms with E-state index in [1.54, 1.807) is 30.3 Å². The van der Waals surface area contributed by atoms with Crippen molar-refractivity contribution in [3.8, 4) is 0 Å². The SMILES string of the molecule is [N-]=[N+]=CC(=O)[C@H](Cc1cccc([N+](=O)[O-])c1)NC(=O)OCc1ccccc1. The first kappa shape index (κ1) is 19.5. The van der Waals surface area contributed by atoms with Gasteiger partial charge in [0.1, 0.15) is 12.6 Å². The van der Waals surface area contributed by atoms with E-state index in [9.17, 15) is 19.7 Å². The van der Waals surface area contributed by atoms with Crippen LogP contribution in [0.25, 0.3) is 5.53 Å². The van der Waals surface area contributed by atoms with Crippen molar-refractivity contribution in [1.29, 1.82) is 0 Å². The van der Waals surface area contributed by atoms with E-state index in [1.807, 2.05) is 6.07 Å². The van der Waals surface area contributed by atoms with Crippen molar-refractivity contribution in [3.63, 3.8) is 0 Å². The lowest BCUT2D eigenvalue weighted by Gasteiger charge is -2.15. The summed E-state index contributed by atoms with van der Waals surface area (Å²) in [6.07, 6.45) is -0.221. The zero-order valence-corrected chi connectivity index (χ0v) is 14.1. The minimum absolute atomic E-state index is 0.0124. The maximum Gasteiger partial charge on any atom is 0.408 e. The molecule has 2 aromatic carbocycles. The van der Waals surface area contributed by atoms with Crippen LogP contribution in [0.1, 0.15) is 11.1 Å². The molecule has 0 aliphatic carbocycles. The minimum Gasteiger partial charge on any atom is -0.445 e. The summed E-state index contributed by atoms with van der Waals surface area (Å²) >= 11 is 0. The van der Waals surface area contributed by atoms with Gasteiger partial charge in [-0.05, 0) is 11.1 Å². The molecule has 0 aliphatic rings. The average Bonchev–Trinajstić information content (AvgIpc) is 2.67. The van der Waals surface area contributed by atoms with Crippen LogP contribution >= 0.6 is 0 Å². The maximum atomic E-state index is 12.1. The predicted molar refractivity (Wildman–Crippen MR) is 95.0 cm³/mol. The summed E-state index contributed by atoms with van der Waals surface area (Å²) in [4.78, 5) is 37.0. The predicted octanol–water partition coefficient (Wildman–Crippen LogP) is 2.30. The normalized spacial score (nSPS) is 11.0. The third-order valence-corrected chi connectivity index (χ3v) is 3.59. The van der Waals surface area contributed by atoms with E-state index in [-0.39, 0.29) is 18.7 Å². The van der Waals surface area contributed by atoms with Gasteiger partial charge in [0.05, 0.1) is 4.92 Å². The summed E-state index contributed by atoms with van der Waals surface area (Å²) < 4.78 is 5.07. The number of nitro benzene ring substituents is 1. The molecule has 138 valence electrons. The number of rotatable bonds is 8. The van der Waals surface area contributed by atoms with Crippen molar-refractivity contribution in [2.45, 2.75) is 19.1 Å². The number of Topliss-reactive ketones (excluding diaryl/α,β-unsaturated/α-hetero) is 1. The van der Waals surface area contributed by atoms with E-state index < -0.39 is 22.8 Å².